The Kier molecular flexibility index (Phi) is 3.11. The predicted molar refractivity (Wildman–Crippen MR) is 43.5 cm³/mol. The van der Waals surface area contributed by atoms with Crippen LogP contribution in [-0.2, 0) is 16.0 Å². The van der Waals surface area contributed by atoms with Crippen LogP contribution in [0.3, 0.4) is 0 Å². The topological polar surface area (TPSA) is 26.3 Å². The second-order valence-corrected chi connectivity index (χ2v) is 2.97. The number of carbonyl (C=O) groups excluding carboxylic acids is 1. The van der Waals surface area contributed by atoms with E-state index in [4.69, 9.17) is 4.74 Å². The number of hydrogen-bond donors (Lipinski definition) is 0. The maximum atomic E-state index is 10.9. The van der Waals surface area contributed by atoms with Crippen LogP contribution < -0.4 is 0 Å². The lowest BCUT2D eigenvalue weighted by Gasteiger charge is -1.97. The van der Waals surface area contributed by atoms with E-state index in [9.17, 15) is 4.79 Å². The molecule has 0 bridgehead atoms. The number of hydrogen-bond acceptors (Lipinski definition) is 3. The van der Waals surface area contributed by atoms with Crippen LogP contribution in [0.15, 0.2) is 12.1 Å². The summed E-state index contributed by atoms with van der Waals surface area (Å²) >= 11 is 1.45. The summed E-state index contributed by atoms with van der Waals surface area (Å²) in [6.07, 6.45) is 0.377. The lowest BCUT2D eigenvalue weighted by atomic mass is 10.3. The largest absolute Gasteiger partial charge is 0.466 e. The Morgan fingerprint density at radius 2 is 2.64 bits per heavy atom. The molecule has 3 heteroatoms. The van der Waals surface area contributed by atoms with E-state index in [1.807, 2.05) is 6.07 Å². The molecule has 59 valence electrons. The normalized spacial score (nSPS) is 9.55. The van der Waals surface area contributed by atoms with Crippen molar-refractivity contribution >= 4 is 17.3 Å². The Morgan fingerprint density at radius 3 is 3.18 bits per heavy atom. The fraction of sp³-hybridized carbons (Fsp3) is 0.375. The first kappa shape index (κ1) is 8.27. The van der Waals surface area contributed by atoms with Gasteiger partial charge >= 0.3 is 5.97 Å². The molecule has 0 aliphatic carbocycles. The van der Waals surface area contributed by atoms with Crippen LogP contribution >= 0.6 is 11.3 Å². The Bertz CT molecular complexity index is 216. The van der Waals surface area contributed by atoms with Crippen molar-refractivity contribution in [1.82, 2.24) is 0 Å². The van der Waals surface area contributed by atoms with Gasteiger partial charge in [0.25, 0.3) is 0 Å². The van der Waals surface area contributed by atoms with Gasteiger partial charge in [0.15, 0.2) is 0 Å². The highest BCUT2D eigenvalue weighted by molar-refractivity contribution is 7.09. The van der Waals surface area contributed by atoms with Crippen LogP contribution in [0.25, 0.3) is 0 Å². The average Bonchev–Trinajstić information content (AvgIpc) is 2.40. The van der Waals surface area contributed by atoms with Crippen molar-refractivity contribution in [3.63, 3.8) is 0 Å². The standard InChI is InChI=1S/C8H9O2S/c1-2-10-8(9)6-7-4-3-5-11-7/h3-4H,2,6H2,1H3. The Labute approximate surface area is 69.8 Å². The van der Waals surface area contributed by atoms with Crippen LogP contribution in [-0.4, -0.2) is 12.6 Å². The van der Waals surface area contributed by atoms with Gasteiger partial charge < -0.3 is 4.74 Å². The molecule has 0 aromatic carbocycles. The Balaban J connectivity index is 2.37. The summed E-state index contributed by atoms with van der Waals surface area (Å²) in [5.74, 6) is -0.164. The van der Waals surface area contributed by atoms with Gasteiger partial charge in [0.05, 0.1) is 13.0 Å². The van der Waals surface area contributed by atoms with E-state index in [0.717, 1.165) is 4.88 Å². The summed E-state index contributed by atoms with van der Waals surface area (Å²) in [7, 11) is 0. The van der Waals surface area contributed by atoms with Gasteiger partial charge in [-0.25, -0.2) is 0 Å². The number of ether oxygens (including phenoxy) is 1. The summed E-state index contributed by atoms with van der Waals surface area (Å²) in [6, 6.07) is 3.68. The predicted octanol–water partition coefficient (Wildman–Crippen LogP) is 1.65. The van der Waals surface area contributed by atoms with Crippen LogP contribution in [0, 0.1) is 5.38 Å². The molecule has 0 spiro atoms. The molecule has 1 heterocycles. The van der Waals surface area contributed by atoms with Gasteiger partial charge in [-0.15, -0.1) is 11.3 Å². The van der Waals surface area contributed by atoms with Crippen molar-refractivity contribution in [2.75, 3.05) is 6.61 Å². The molecule has 1 aromatic heterocycles. The summed E-state index contributed by atoms with van der Waals surface area (Å²) in [5, 5.41) is 2.91. The molecule has 0 N–H and O–H groups in total. The van der Waals surface area contributed by atoms with Crippen LogP contribution in [0.1, 0.15) is 11.8 Å². The van der Waals surface area contributed by atoms with Crippen LogP contribution in [0.5, 0.6) is 0 Å². The first-order chi connectivity index (χ1) is 5.33. The molecule has 11 heavy (non-hydrogen) atoms. The third-order valence-corrected chi connectivity index (χ3v) is 1.95. The van der Waals surface area contributed by atoms with Gasteiger partial charge in [0.2, 0.25) is 0 Å². The third kappa shape index (κ3) is 2.72. The summed E-state index contributed by atoms with van der Waals surface area (Å²) in [6.45, 7) is 2.26. The molecule has 0 aliphatic rings. The fourth-order valence-electron chi connectivity index (χ4n) is 0.720. The molecular weight excluding hydrogens is 160 g/mol. The molecule has 0 saturated heterocycles. The molecule has 0 atom stereocenters. The van der Waals surface area contributed by atoms with E-state index in [1.165, 1.54) is 11.3 Å². The van der Waals surface area contributed by atoms with Crippen molar-refractivity contribution in [2.24, 2.45) is 0 Å². The number of thiophene rings is 1. The maximum absolute atomic E-state index is 10.9. The lowest BCUT2D eigenvalue weighted by molar-refractivity contribution is -0.142. The van der Waals surface area contributed by atoms with Gasteiger partial charge in [0, 0.05) is 10.3 Å². The number of carbonyl (C=O) groups is 1. The molecule has 2 nitrogen and oxygen atoms in total. The van der Waals surface area contributed by atoms with Crippen LogP contribution in [0.4, 0.5) is 0 Å². The first-order valence-corrected chi connectivity index (χ1v) is 4.25. The van der Waals surface area contributed by atoms with Gasteiger partial charge in [-0.1, -0.05) is 0 Å². The highest BCUT2D eigenvalue weighted by Gasteiger charge is 2.03. The average molecular weight is 169 g/mol. The Morgan fingerprint density at radius 1 is 1.82 bits per heavy atom. The second-order valence-electron chi connectivity index (χ2n) is 2.00. The molecule has 0 unspecified atom stereocenters. The Hall–Kier alpha value is -0.830. The molecule has 0 saturated carbocycles. The van der Waals surface area contributed by atoms with Crippen molar-refractivity contribution < 1.29 is 9.53 Å². The van der Waals surface area contributed by atoms with Crippen molar-refractivity contribution in [3.05, 3.63) is 22.4 Å². The van der Waals surface area contributed by atoms with Gasteiger partial charge in [-0.05, 0) is 19.1 Å². The van der Waals surface area contributed by atoms with Crippen molar-refractivity contribution in [3.8, 4) is 0 Å². The van der Waals surface area contributed by atoms with E-state index < -0.39 is 0 Å². The van der Waals surface area contributed by atoms with Crippen LogP contribution in [0.2, 0.25) is 0 Å². The number of esters is 1. The highest BCUT2D eigenvalue weighted by Crippen LogP contribution is 2.08. The fourth-order valence-corrected chi connectivity index (χ4v) is 1.33. The summed E-state index contributed by atoms with van der Waals surface area (Å²) < 4.78 is 4.77. The molecule has 1 radical (unpaired) electrons. The van der Waals surface area contributed by atoms with E-state index in [1.54, 1.807) is 13.0 Å². The zero-order valence-electron chi connectivity index (χ0n) is 6.29. The summed E-state index contributed by atoms with van der Waals surface area (Å²) in [4.78, 5) is 11.9. The van der Waals surface area contributed by atoms with Crippen molar-refractivity contribution in [1.29, 1.82) is 0 Å². The van der Waals surface area contributed by atoms with E-state index in [-0.39, 0.29) is 5.97 Å². The molecule has 1 aromatic rings. The minimum atomic E-state index is -0.164. The smallest absolute Gasteiger partial charge is 0.311 e. The van der Waals surface area contributed by atoms with Gasteiger partial charge in [-0.3, -0.25) is 4.79 Å². The third-order valence-electron chi connectivity index (χ3n) is 1.15. The van der Waals surface area contributed by atoms with E-state index >= 15 is 0 Å². The minimum absolute atomic E-state index is 0.164. The van der Waals surface area contributed by atoms with E-state index in [2.05, 4.69) is 5.38 Å². The quantitative estimate of drug-likeness (QED) is 0.643. The van der Waals surface area contributed by atoms with E-state index in [0.29, 0.717) is 13.0 Å². The summed E-state index contributed by atoms with van der Waals surface area (Å²) in [5.41, 5.74) is 0. The molecule has 1 rings (SSSR count). The number of rotatable bonds is 3. The van der Waals surface area contributed by atoms with Crippen molar-refractivity contribution in [2.45, 2.75) is 13.3 Å². The van der Waals surface area contributed by atoms with Gasteiger partial charge in [0.1, 0.15) is 0 Å². The SMILES string of the molecule is CCOC(=O)Cc1cc[c]s1. The van der Waals surface area contributed by atoms with Gasteiger partial charge in [-0.2, -0.15) is 0 Å². The highest BCUT2D eigenvalue weighted by atomic mass is 32.1. The zero-order valence-corrected chi connectivity index (χ0v) is 7.11. The first-order valence-electron chi connectivity index (χ1n) is 3.43. The molecule has 0 fully saturated rings. The zero-order chi connectivity index (χ0) is 8.10. The minimum Gasteiger partial charge on any atom is -0.466 e. The maximum Gasteiger partial charge on any atom is 0.311 e. The second kappa shape index (κ2) is 4.13. The molecular formula is C8H9O2S. The lowest BCUT2D eigenvalue weighted by Crippen LogP contribution is -2.05. The monoisotopic (exact) mass is 169 g/mol. The molecule has 0 amide bonds. The molecule has 0 aliphatic heterocycles.